The van der Waals surface area contributed by atoms with Crippen molar-refractivity contribution in [1.29, 1.82) is 5.26 Å². The van der Waals surface area contributed by atoms with E-state index in [-0.39, 0.29) is 10.8 Å². The fourth-order valence-corrected chi connectivity index (χ4v) is 3.52. The van der Waals surface area contributed by atoms with Gasteiger partial charge >= 0.3 is 12.1 Å². The number of rotatable bonds is 3. The molecule has 3 rings (SSSR count). The van der Waals surface area contributed by atoms with Gasteiger partial charge < -0.3 is 10.0 Å². The SMILES string of the molecule is CC1(C)C(=O)N(c2cnc(C#N)c(C(F)(F)F)n2)C(=S)N1c1ccc(C(=O)O)c(F)c1. The summed E-state index contributed by atoms with van der Waals surface area (Å²) in [6.45, 7) is 2.79. The van der Waals surface area contributed by atoms with Crippen LogP contribution in [0.3, 0.4) is 0 Å². The van der Waals surface area contributed by atoms with Crippen LogP contribution in [0, 0.1) is 17.1 Å². The van der Waals surface area contributed by atoms with E-state index in [1.54, 1.807) is 0 Å². The van der Waals surface area contributed by atoms with Crippen LogP contribution >= 0.6 is 12.2 Å². The third-order valence-corrected chi connectivity index (χ3v) is 4.84. The lowest BCUT2D eigenvalue weighted by atomic mass is 10.0. The molecule has 1 aromatic heterocycles. The highest BCUT2D eigenvalue weighted by Gasteiger charge is 2.51. The standard InChI is InChI=1S/C18H11F4N5O3S/c1-17(2)15(30)26(12-7-24-11(6-23)13(25-12)18(20,21)22)16(31)27(17)8-3-4-9(14(28)29)10(19)5-8/h3-5,7H,1-2H3,(H,28,29). The maximum Gasteiger partial charge on any atom is 0.436 e. The fourth-order valence-electron chi connectivity index (χ4n) is 3.01. The molecule has 0 unspecified atom stereocenters. The zero-order chi connectivity index (χ0) is 23.3. The predicted molar refractivity (Wildman–Crippen MR) is 102 cm³/mol. The molecule has 1 amide bonds. The normalized spacial score (nSPS) is 15.9. The second kappa shape index (κ2) is 7.24. The van der Waals surface area contributed by atoms with Gasteiger partial charge in [-0.05, 0) is 44.3 Å². The first-order chi connectivity index (χ1) is 14.3. The van der Waals surface area contributed by atoms with Crippen LogP contribution in [0.15, 0.2) is 24.4 Å². The average molecular weight is 453 g/mol. The lowest BCUT2D eigenvalue weighted by Crippen LogP contribution is -2.44. The Kier molecular flexibility index (Phi) is 5.14. The summed E-state index contributed by atoms with van der Waals surface area (Å²) in [5.41, 5.74) is -4.65. The quantitative estimate of drug-likeness (QED) is 0.558. The number of carboxylic acid groups (broad SMARTS) is 1. The van der Waals surface area contributed by atoms with Crippen molar-refractivity contribution in [3.8, 4) is 6.07 Å². The van der Waals surface area contributed by atoms with Crippen LogP contribution in [0.5, 0.6) is 0 Å². The summed E-state index contributed by atoms with van der Waals surface area (Å²) in [7, 11) is 0. The number of hydrogen-bond acceptors (Lipinski definition) is 6. The summed E-state index contributed by atoms with van der Waals surface area (Å²) >= 11 is 5.26. The van der Waals surface area contributed by atoms with E-state index >= 15 is 0 Å². The highest BCUT2D eigenvalue weighted by Crippen LogP contribution is 2.37. The Hall–Kier alpha value is -3.66. The van der Waals surface area contributed by atoms with E-state index in [9.17, 15) is 27.2 Å². The Morgan fingerprint density at radius 1 is 1.32 bits per heavy atom. The zero-order valence-corrected chi connectivity index (χ0v) is 16.5. The Morgan fingerprint density at radius 3 is 2.48 bits per heavy atom. The molecule has 0 radical (unpaired) electrons. The lowest BCUT2D eigenvalue weighted by molar-refractivity contribution is -0.141. The van der Waals surface area contributed by atoms with Gasteiger partial charge in [-0.2, -0.15) is 18.4 Å². The maximum atomic E-state index is 14.2. The van der Waals surface area contributed by atoms with Gasteiger partial charge in [-0.1, -0.05) is 0 Å². The predicted octanol–water partition coefficient (Wildman–Crippen LogP) is 3.12. The van der Waals surface area contributed by atoms with Gasteiger partial charge in [0.25, 0.3) is 5.91 Å². The molecule has 1 aliphatic heterocycles. The zero-order valence-electron chi connectivity index (χ0n) is 15.7. The van der Waals surface area contributed by atoms with E-state index in [4.69, 9.17) is 22.6 Å². The van der Waals surface area contributed by atoms with Crippen LogP contribution in [0.4, 0.5) is 29.1 Å². The number of carboxylic acids is 1. The minimum Gasteiger partial charge on any atom is -0.478 e. The molecule has 0 spiro atoms. The second-order valence-electron chi connectivity index (χ2n) is 6.82. The molecule has 1 fully saturated rings. The highest BCUT2D eigenvalue weighted by molar-refractivity contribution is 7.81. The Bertz CT molecular complexity index is 1180. The molecule has 8 nitrogen and oxygen atoms in total. The molecular formula is C18H11F4N5O3S. The molecule has 31 heavy (non-hydrogen) atoms. The molecule has 1 saturated heterocycles. The largest absolute Gasteiger partial charge is 0.478 e. The van der Waals surface area contributed by atoms with Crippen LogP contribution in [0.2, 0.25) is 0 Å². The van der Waals surface area contributed by atoms with Crippen LogP contribution in [0.1, 0.15) is 35.6 Å². The van der Waals surface area contributed by atoms with Gasteiger partial charge in [-0.25, -0.2) is 24.1 Å². The number of carbonyl (C=O) groups is 2. The molecule has 160 valence electrons. The van der Waals surface area contributed by atoms with Crippen molar-refractivity contribution in [3.63, 3.8) is 0 Å². The third kappa shape index (κ3) is 3.55. The molecule has 13 heteroatoms. The van der Waals surface area contributed by atoms with Crippen LogP contribution in [0.25, 0.3) is 0 Å². The molecule has 0 saturated carbocycles. The number of halogens is 4. The van der Waals surface area contributed by atoms with Gasteiger partial charge in [-0.15, -0.1) is 0 Å². The summed E-state index contributed by atoms with van der Waals surface area (Å²) in [5, 5.41) is 17.5. The summed E-state index contributed by atoms with van der Waals surface area (Å²) in [5.74, 6) is -3.95. The van der Waals surface area contributed by atoms with Gasteiger partial charge in [0.1, 0.15) is 17.4 Å². The van der Waals surface area contributed by atoms with Gasteiger partial charge in [0.15, 0.2) is 22.3 Å². The molecule has 2 aromatic rings. The third-order valence-electron chi connectivity index (χ3n) is 4.47. The van der Waals surface area contributed by atoms with Crippen molar-refractivity contribution >= 4 is 40.7 Å². The number of amides is 1. The van der Waals surface area contributed by atoms with E-state index in [1.165, 1.54) is 26.0 Å². The number of carbonyl (C=O) groups excluding carboxylic acids is 1. The molecular weight excluding hydrogens is 442 g/mol. The van der Waals surface area contributed by atoms with Crippen LogP contribution < -0.4 is 9.80 Å². The Balaban J connectivity index is 2.12. The first kappa shape index (κ1) is 22.0. The van der Waals surface area contributed by atoms with Crippen molar-refractivity contribution in [2.75, 3.05) is 9.80 Å². The number of aromatic carboxylic acids is 1. The van der Waals surface area contributed by atoms with Crippen molar-refractivity contribution in [3.05, 3.63) is 47.2 Å². The summed E-state index contributed by atoms with van der Waals surface area (Å²) in [4.78, 5) is 32.7. The fraction of sp³-hybridized carbons (Fsp3) is 0.222. The number of benzene rings is 1. The van der Waals surface area contributed by atoms with Crippen molar-refractivity contribution in [2.24, 2.45) is 0 Å². The highest BCUT2D eigenvalue weighted by atomic mass is 32.1. The number of nitrogens with zero attached hydrogens (tertiary/aromatic N) is 5. The number of nitriles is 1. The van der Waals surface area contributed by atoms with E-state index < -0.39 is 52.2 Å². The number of aromatic nitrogens is 2. The molecule has 2 heterocycles. The monoisotopic (exact) mass is 453 g/mol. The number of anilines is 2. The summed E-state index contributed by atoms with van der Waals surface area (Å²) < 4.78 is 53.9. The molecule has 1 aromatic carbocycles. The van der Waals surface area contributed by atoms with Crippen LogP contribution in [-0.2, 0) is 11.0 Å². The molecule has 0 aliphatic carbocycles. The Labute approximate surface area is 177 Å². The molecule has 1 aliphatic rings. The lowest BCUT2D eigenvalue weighted by Gasteiger charge is -2.29. The van der Waals surface area contributed by atoms with Gasteiger partial charge in [0.05, 0.1) is 11.8 Å². The van der Waals surface area contributed by atoms with Crippen molar-refractivity contribution in [1.82, 2.24) is 9.97 Å². The topological polar surface area (TPSA) is 110 Å². The second-order valence-corrected chi connectivity index (χ2v) is 7.19. The van der Waals surface area contributed by atoms with Gasteiger partial charge in [0.2, 0.25) is 0 Å². The van der Waals surface area contributed by atoms with E-state index in [0.29, 0.717) is 4.90 Å². The molecule has 0 atom stereocenters. The first-order valence-corrected chi connectivity index (χ1v) is 8.77. The Morgan fingerprint density at radius 2 is 1.97 bits per heavy atom. The van der Waals surface area contributed by atoms with E-state index in [2.05, 4.69) is 9.97 Å². The maximum absolute atomic E-state index is 14.2. The van der Waals surface area contributed by atoms with Crippen molar-refractivity contribution in [2.45, 2.75) is 25.6 Å². The van der Waals surface area contributed by atoms with E-state index in [1.807, 2.05) is 0 Å². The van der Waals surface area contributed by atoms with Crippen molar-refractivity contribution < 1.29 is 32.3 Å². The summed E-state index contributed by atoms with van der Waals surface area (Å²) in [6.07, 6.45) is -4.21. The first-order valence-electron chi connectivity index (χ1n) is 8.36. The smallest absolute Gasteiger partial charge is 0.436 e. The summed E-state index contributed by atoms with van der Waals surface area (Å²) in [6, 6.07) is 4.32. The van der Waals surface area contributed by atoms with Crippen LogP contribution in [-0.4, -0.2) is 37.6 Å². The minimum absolute atomic E-state index is 0.00555. The van der Waals surface area contributed by atoms with Gasteiger partial charge in [-0.3, -0.25) is 4.79 Å². The number of hydrogen-bond donors (Lipinski definition) is 1. The van der Waals surface area contributed by atoms with E-state index in [0.717, 1.165) is 23.2 Å². The molecule has 0 bridgehead atoms. The number of thiocarbonyl (C=S) groups is 1. The van der Waals surface area contributed by atoms with Gasteiger partial charge in [0, 0.05) is 5.69 Å². The average Bonchev–Trinajstić information content (AvgIpc) is 2.84. The minimum atomic E-state index is -5.01. The molecule has 1 N–H and O–H groups in total. The number of alkyl halides is 3.